The monoisotopic (exact) mass is 284 g/mol. The van der Waals surface area contributed by atoms with E-state index in [2.05, 4.69) is 10.6 Å². The summed E-state index contributed by atoms with van der Waals surface area (Å²) in [6.07, 6.45) is 3.25. The molecule has 0 radical (unpaired) electrons. The van der Waals surface area contributed by atoms with E-state index in [9.17, 15) is 9.90 Å². The van der Waals surface area contributed by atoms with Crippen LogP contribution in [0, 0.1) is 0 Å². The normalized spacial score (nSPS) is 22.0. The number of anilines is 1. The van der Waals surface area contributed by atoms with E-state index in [4.69, 9.17) is 0 Å². The van der Waals surface area contributed by atoms with Crippen LogP contribution in [0.2, 0.25) is 0 Å². The van der Waals surface area contributed by atoms with Crippen LogP contribution in [0.4, 0.5) is 10.5 Å². The Labute approximate surface area is 124 Å². The minimum absolute atomic E-state index is 0.145. The zero-order valence-electron chi connectivity index (χ0n) is 11.9. The topological polar surface area (TPSA) is 61.4 Å². The second-order valence-electron chi connectivity index (χ2n) is 5.58. The third-order valence-electron chi connectivity index (χ3n) is 4.08. The van der Waals surface area contributed by atoms with Crippen molar-refractivity contribution in [2.24, 2.45) is 0 Å². The first kappa shape index (κ1) is 13.9. The molecule has 2 aromatic rings. The molecule has 2 aromatic carbocycles. The number of aliphatic hydroxyl groups excluding tert-OH is 1. The maximum Gasteiger partial charge on any atom is 0.319 e. The van der Waals surface area contributed by atoms with Crippen LogP contribution in [-0.4, -0.2) is 23.3 Å². The van der Waals surface area contributed by atoms with Gasteiger partial charge in [0, 0.05) is 5.39 Å². The minimum atomic E-state index is -0.433. The summed E-state index contributed by atoms with van der Waals surface area (Å²) in [4.78, 5) is 12.1. The second kappa shape index (κ2) is 6.14. The number of carbonyl (C=O) groups excluding carboxylic acids is 1. The molecule has 21 heavy (non-hydrogen) atoms. The standard InChI is InChI=1S/C17H20N2O2/c20-16-11-4-3-9-15(16)19-17(21)18-14-10-5-7-12-6-1-2-8-13(12)14/h1-2,5-8,10,15-16,20H,3-4,9,11H2,(H2,18,19,21)/t15-,16-/m1/s1. The number of urea groups is 1. The van der Waals surface area contributed by atoms with Crippen molar-refractivity contribution in [3.63, 3.8) is 0 Å². The molecular formula is C17H20N2O2. The Morgan fingerprint density at radius 3 is 2.67 bits per heavy atom. The van der Waals surface area contributed by atoms with Gasteiger partial charge in [0.2, 0.25) is 0 Å². The number of amides is 2. The van der Waals surface area contributed by atoms with Gasteiger partial charge >= 0.3 is 6.03 Å². The number of nitrogens with one attached hydrogen (secondary N) is 2. The van der Waals surface area contributed by atoms with Crippen LogP contribution in [0.5, 0.6) is 0 Å². The molecule has 0 bridgehead atoms. The zero-order chi connectivity index (χ0) is 14.7. The van der Waals surface area contributed by atoms with E-state index in [1.807, 2.05) is 42.5 Å². The highest BCUT2D eigenvalue weighted by molar-refractivity contribution is 6.01. The molecule has 0 aliphatic heterocycles. The highest BCUT2D eigenvalue weighted by Crippen LogP contribution is 2.23. The Balaban J connectivity index is 1.71. The summed E-state index contributed by atoms with van der Waals surface area (Å²) in [7, 11) is 0. The van der Waals surface area contributed by atoms with E-state index in [0.29, 0.717) is 0 Å². The lowest BCUT2D eigenvalue weighted by atomic mass is 9.93. The number of rotatable bonds is 2. The van der Waals surface area contributed by atoms with Gasteiger partial charge in [0.1, 0.15) is 0 Å². The maximum atomic E-state index is 12.1. The van der Waals surface area contributed by atoms with Gasteiger partial charge in [-0.15, -0.1) is 0 Å². The smallest absolute Gasteiger partial charge is 0.319 e. The van der Waals surface area contributed by atoms with Crippen LogP contribution in [-0.2, 0) is 0 Å². The molecule has 1 aliphatic carbocycles. The molecule has 4 heteroatoms. The fraction of sp³-hybridized carbons (Fsp3) is 0.353. The van der Waals surface area contributed by atoms with Gasteiger partial charge in [-0.25, -0.2) is 4.79 Å². The van der Waals surface area contributed by atoms with E-state index in [1.54, 1.807) is 0 Å². The minimum Gasteiger partial charge on any atom is -0.391 e. The summed E-state index contributed by atoms with van der Waals surface area (Å²) in [6.45, 7) is 0. The quantitative estimate of drug-likeness (QED) is 0.792. The number of hydrogen-bond acceptors (Lipinski definition) is 2. The average Bonchev–Trinajstić information content (AvgIpc) is 2.50. The predicted octanol–water partition coefficient (Wildman–Crippen LogP) is 3.26. The number of benzene rings is 2. The summed E-state index contributed by atoms with van der Waals surface area (Å²) >= 11 is 0. The van der Waals surface area contributed by atoms with Gasteiger partial charge in [-0.1, -0.05) is 49.2 Å². The van der Waals surface area contributed by atoms with Crippen molar-refractivity contribution < 1.29 is 9.90 Å². The Morgan fingerprint density at radius 2 is 1.81 bits per heavy atom. The lowest BCUT2D eigenvalue weighted by Crippen LogP contribution is -2.46. The van der Waals surface area contributed by atoms with Crippen molar-refractivity contribution in [3.05, 3.63) is 42.5 Å². The molecule has 0 aromatic heterocycles. The second-order valence-corrected chi connectivity index (χ2v) is 5.58. The van der Waals surface area contributed by atoms with E-state index in [0.717, 1.165) is 42.1 Å². The van der Waals surface area contributed by atoms with E-state index >= 15 is 0 Å². The van der Waals surface area contributed by atoms with Gasteiger partial charge in [-0.2, -0.15) is 0 Å². The Kier molecular flexibility index (Phi) is 4.06. The van der Waals surface area contributed by atoms with Crippen molar-refractivity contribution in [2.45, 2.75) is 37.8 Å². The first-order chi connectivity index (χ1) is 10.2. The van der Waals surface area contributed by atoms with Crippen LogP contribution < -0.4 is 10.6 Å². The third kappa shape index (κ3) is 3.16. The first-order valence-corrected chi connectivity index (χ1v) is 7.47. The molecule has 1 aliphatic rings. The number of hydrogen-bond donors (Lipinski definition) is 3. The van der Waals surface area contributed by atoms with Gasteiger partial charge in [0.15, 0.2) is 0 Å². The van der Waals surface area contributed by atoms with Crippen LogP contribution in [0.3, 0.4) is 0 Å². The summed E-state index contributed by atoms with van der Waals surface area (Å²) < 4.78 is 0. The summed E-state index contributed by atoms with van der Waals surface area (Å²) in [5.74, 6) is 0. The number of aliphatic hydroxyl groups is 1. The Morgan fingerprint density at radius 1 is 1.05 bits per heavy atom. The van der Waals surface area contributed by atoms with Gasteiger partial charge in [0.05, 0.1) is 17.8 Å². The molecule has 4 nitrogen and oxygen atoms in total. The van der Waals surface area contributed by atoms with E-state index in [1.165, 1.54) is 0 Å². The van der Waals surface area contributed by atoms with Crippen LogP contribution in [0.1, 0.15) is 25.7 Å². The van der Waals surface area contributed by atoms with Crippen molar-refractivity contribution in [1.29, 1.82) is 0 Å². The summed E-state index contributed by atoms with van der Waals surface area (Å²) in [5.41, 5.74) is 0.788. The van der Waals surface area contributed by atoms with Crippen LogP contribution >= 0.6 is 0 Å². The third-order valence-corrected chi connectivity index (χ3v) is 4.08. The zero-order valence-corrected chi connectivity index (χ0v) is 11.9. The maximum absolute atomic E-state index is 12.1. The fourth-order valence-electron chi connectivity index (χ4n) is 2.94. The Bertz CT molecular complexity index is 636. The average molecular weight is 284 g/mol. The van der Waals surface area contributed by atoms with Crippen molar-refractivity contribution in [2.75, 3.05) is 5.32 Å². The van der Waals surface area contributed by atoms with Crippen molar-refractivity contribution in [3.8, 4) is 0 Å². The van der Waals surface area contributed by atoms with Gasteiger partial charge in [-0.3, -0.25) is 0 Å². The van der Waals surface area contributed by atoms with Gasteiger partial charge in [-0.05, 0) is 24.3 Å². The molecule has 3 N–H and O–H groups in total. The molecule has 2 amide bonds. The Hall–Kier alpha value is -2.07. The molecule has 1 saturated carbocycles. The van der Waals surface area contributed by atoms with Crippen LogP contribution in [0.25, 0.3) is 10.8 Å². The number of fused-ring (bicyclic) bond motifs is 1. The highest BCUT2D eigenvalue weighted by atomic mass is 16.3. The largest absolute Gasteiger partial charge is 0.391 e. The molecule has 1 fully saturated rings. The van der Waals surface area contributed by atoms with E-state index in [-0.39, 0.29) is 12.1 Å². The fourth-order valence-corrected chi connectivity index (χ4v) is 2.94. The van der Waals surface area contributed by atoms with Crippen molar-refractivity contribution in [1.82, 2.24) is 5.32 Å². The molecule has 0 spiro atoms. The van der Waals surface area contributed by atoms with Gasteiger partial charge in [0.25, 0.3) is 0 Å². The first-order valence-electron chi connectivity index (χ1n) is 7.47. The SMILES string of the molecule is O=C(Nc1cccc2ccccc12)N[C@@H]1CCCC[C@H]1O. The molecule has 110 valence electrons. The predicted molar refractivity (Wildman–Crippen MR) is 84.4 cm³/mol. The highest BCUT2D eigenvalue weighted by Gasteiger charge is 2.24. The summed E-state index contributed by atoms with van der Waals surface area (Å²) in [6, 6.07) is 13.4. The molecule has 0 unspecified atom stereocenters. The lowest BCUT2D eigenvalue weighted by Gasteiger charge is -2.28. The molecule has 3 rings (SSSR count). The molecule has 0 heterocycles. The molecular weight excluding hydrogens is 264 g/mol. The van der Waals surface area contributed by atoms with Crippen LogP contribution in [0.15, 0.2) is 42.5 Å². The molecule has 2 atom stereocenters. The lowest BCUT2D eigenvalue weighted by molar-refractivity contribution is 0.0955. The summed E-state index contributed by atoms with van der Waals surface area (Å²) in [5, 5.41) is 17.8. The molecule has 0 saturated heterocycles. The number of carbonyl (C=O) groups is 1. The van der Waals surface area contributed by atoms with Gasteiger partial charge < -0.3 is 15.7 Å². The van der Waals surface area contributed by atoms with Crippen molar-refractivity contribution >= 4 is 22.5 Å². The van der Waals surface area contributed by atoms with E-state index < -0.39 is 6.10 Å².